The zero-order valence-electron chi connectivity index (χ0n) is 15.0. The molecule has 0 bridgehead atoms. The van der Waals surface area contributed by atoms with Crippen molar-refractivity contribution >= 4 is 27.4 Å². The van der Waals surface area contributed by atoms with Crippen LogP contribution in [0.4, 0.5) is 5.69 Å². The molecule has 0 aliphatic rings. The van der Waals surface area contributed by atoms with Gasteiger partial charge < -0.3 is 0 Å². The van der Waals surface area contributed by atoms with Gasteiger partial charge in [-0.25, -0.2) is 18.6 Å². The van der Waals surface area contributed by atoms with E-state index in [9.17, 15) is 13.2 Å². The predicted molar refractivity (Wildman–Crippen MR) is 102 cm³/mol. The van der Waals surface area contributed by atoms with Gasteiger partial charge in [0.2, 0.25) is 0 Å². The van der Waals surface area contributed by atoms with Crippen molar-refractivity contribution in [3.8, 4) is 0 Å². The van der Waals surface area contributed by atoms with E-state index < -0.39 is 15.7 Å². The maximum absolute atomic E-state index is 13.0. The third-order valence-electron chi connectivity index (χ3n) is 3.87. The number of hydrazone groups is 1. The number of hydrogen-bond donors (Lipinski definition) is 3. The molecule has 0 saturated heterocycles. The number of nitrogens with two attached hydrogens (primary N) is 2. The second kappa shape index (κ2) is 7.57. The number of guanidine groups is 1. The first kappa shape index (κ1) is 19.5. The lowest BCUT2D eigenvalue weighted by Gasteiger charge is -2.13. The Morgan fingerprint density at radius 1 is 1.12 bits per heavy atom. The number of carbonyl (C=O) groups excluding carboxylic acids is 1. The zero-order valence-corrected chi connectivity index (χ0v) is 15.8. The van der Waals surface area contributed by atoms with Crippen molar-refractivity contribution < 1.29 is 17.9 Å². The quantitative estimate of drug-likeness (QED) is 0.315. The number of carbonyl (C=O) groups is 1. The van der Waals surface area contributed by atoms with E-state index in [2.05, 4.69) is 5.43 Å². The number of sulfone groups is 1. The van der Waals surface area contributed by atoms with Gasteiger partial charge in [-0.1, -0.05) is 35.4 Å². The fourth-order valence-corrected chi connectivity index (χ4v) is 3.05. The summed E-state index contributed by atoms with van der Waals surface area (Å²) in [6.07, 6.45) is 1.64. The van der Waals surface area contributed by atoms with Crippen LogP contribution in [0.5, 0.6) is 0 Å². The maximum atomic E-state index is 13.0. The molecule has 2 aromatic rings. The summed E-state index contributed by atoms with van der Waals surface area (Å²) in [5.41, 5.74) is 16.8. The molecule has 26 heavy (non-hydrogen) atoms. The van der Waals surface area contributed by atoms with E-state index in [1.54, 1.807) is 18.2 Å². The zero-order chi connectivity index (χ0) is 19.5. The van der Waals surface area contributed by atoms with Crippen LogP contribution in [0.1, 0.15) is 28.4 Å². The molecule has 0 fully saturated rings. The summed E-state index contributed by atoms with van der Waals surface area (Å²) >= 11 is 0. The molecule has 2 aromatic carbocycles. The second-order valence-electron chi connectivity index (χ2n) is 5.99. The molecule has 0 aliphatic carbocycles. The standard InChI is InChI=1S/C18H22N4O3S/c1-4-13-7-10-15(26(3,24)25)11-16(13)17(23)22(18(19)20)21-14-8-5-12(2)6-9-14/h5-11,21H,4H2,1-3H3,(H3,19,20)/p+1. The van der Waals surface area contributed by atoms with E-state index in [1.807, 2.05) is 26.0 Å². The lowest BCUT2D eigenvalue weighted by Crippen LogP contribution is -2.42. The van der Waals surface area contributed by atoms with Crippen LogP contribution in [0.3, 0.4) is 0 Å². The van der Waals surface area contributed by atoms with Crippen molar-refractivity contribution in [1.29, 1.82) is 0 Å². The van der Waals surface area contributed by atoms with Crippen molar-refractivity contribution in [2.75, 3.05) is 11.7 Å². The highest BCUT2D eigenvalue weighted by Gasteiger charge is 2.23. The lowest BCUT2D eigenvalue weighted by atomic mass is 10.0. The highest BCUT2D eigenvalue weighted by atomic mass is 32.2. The van der Waals surface area contributed by atoms with E-state index in [4.69, 9.17) is 11.5 Å². The first-order valence-corrected chi connectivity index (χ1v) is 9.91. The fourth-order valence-electron chi connectivity index (χ4n) is 2.40. The minimum atomic E-state index is -3.45. The average Bonchev–Trinajstić information content (AvgIpc) is 2.59. The summed E-state index contributed by atoms with van der Waals surface area (Å²) in [5, 5.41) is 0. The SMILES string of the molecule is CCc1ccc(S(C)(=O)=O)cc1C(=O)[N+](Nc1ccc(C)cc1)=C(N)N. The highest BCUT2D eigenvalue weighted by molar-refractivity contribution is 7.90. The minimum absolute atomic E-state index is 0.0592. The Balaban J connectivity index is 2.49. The first-order chi connectivity index (χ1) is 12.1. The summed E-state index contributed by atoms with van der Waals surface area (Å²) < 4.78 is 24.7. The van der Waals surface area contributed by atoms with E-state index in [1.165, 1.54) is 12.1 Å². The van der Waals surface area contributed by atoms with Gasteiger partial charge >= 0.3 is 11.9 Å². The number of nitrogens with zero attached hydrogens (tertiary/aromatic N) is 1. The molecule has 138 valence electrons. The Labute approximate surface area is 153 Å². The molecule has 0 saturated carbocycles. The molecule has 2 rings (SSSR count). The van der Waals surface area contributed by atoms with E-state index >= 15 is 0 Å². The van der Waals surface area contributed by atoms with Crippen LogP contribution >= 0.6 is 0 Å². The Bertz CT molecular complexity index is 960. The van der Waals surface area contributed by atoms with Gasteiger partial charge in [0.1, 0.15) is 0 Å². The Kier molecular flexibility index (Phi) is 5.66. The molecule has 7 nitrogen and oxygen atoms in total. The van der Waals surface area contributed by atoms with Crippen molar-refractivity contribution in [2.45, 2.75) is 25.2 Å². The van der Waals surface area contributed by atoms with Crippen LogP contribution in [0.15, 0.2) is 47.4 Å². The van der Waals surface area contributed by atoms with Crippen LogP contribution in [-0.4, -0.2) is 31.2 Å². The highest BCUT2D eigenvalue weighted by Crippen LogP contribution is 2.18. The Morgan fingerprint density at radius 2 is 1.73 bits per heavy atom. The molecule has 5 N–H and O–H groups in total. The molecular weight excluding hydrogens is 352 g/mol. The van der Waals surface area contributed by atoms with Crippen molar-refractivity contribution in [1.82, 2.24) is 0 Å². The molecule has 0 radical (unpaired) electrons. The normalized spacial score (nSPS) is 11.0. The number of benzene rings is 2. The Hall–Kier alpha value is -2.87. The summed E-state index contributed by atoms with van der Waals surface area (Å²) in [6, 6.07) is 11.8. The number of hydrazine groups is 1. The molecule has 0 aliphatic heterocycles. The Morgan fingerprint density at radius 3 is 2.23 bits per heavy atom. The van der Waals surface area contributed by atoms with Gasteiger partial charge in [0.05, 0.1) is 16.1 Å². The average molecular weight is 375 g/mol. The predicted octanol–water partition coefficient (Wildman–Crippen LogP) is 1.41. The van der Waals surface area contributed by atoms with Crippen LogP contribution in [-0.2, 0) is 16.3 Å². The van der Waals surface area contributed by atoms with E-state index in [-0.39, 0.29) is 16.4 Å². The number of amides is 1. The number of aryl methyl sites for hydroxylation is 2. The molecule has 0 unspecified atom stereocenters. The van der Waals surface area contributed by atoms with Gasteiger partial charge in [-0.15, -0.1) is 0 Å². The molecule has 8 heteroatoms. The smallest absolute Gasteiger partial charge is 0.289 e. The van der Waals surface area contributed by atoms with Gasteiger partial charge in [0.25, 0.3) is 0 Å². The van der Waals surface area contributed by atoms with Gasteiger partial charge in [0, 0.05) is 6.26 Å². The van der Waals surface area contributed by atoms with Crippen LogP contribution in [0, 0.1) is 6.92 Å². The molecule has 1 amide bonds. The fraction of sp³-hybridized carbons (Fsp3) is 0.222. The van der Waals surface area contributed by atoms with Crippen LogP contribution < -0.4 is 16.9 Å². The van der Waals surface area contributed by atoms with Crippen LogP contribution in [0.2, 0.25) is 0 Å². The van der Waals surface area contributed by atoms with E-state index in [0.29, 0.717) is 17.7 Å². The summed E-state index contributed by atoms with van der Waals surface area (Å²) in [6.45, 7) is 3.82. The minimum Gasteiger partial charge on any atom is -0.289 e. The van der Waals surface area contributed by atoms with Gasteiger partial charge in [-0.05, 0) is 43.2 Å². The monoisotopic (exact) mass is 375 g/mol. The van der Waals surface area contributed by atoms with Gasteiger partial charge in [-0.3, -0.25) is 11.5 Å². The maximum Gasteiger partial charge on any atom is 0.371 e. The summed E-state index contributed by atoms with van der Waals surface area (Å²) in [4.78, 5) is 13.1. The van der Waals surface area contributed by atoms with Crippen molar-refractivity contribution in [3.63, 3.8) is 0 Å². The molecule has 0 aromatic heterocycles. The number of nitrogens with one attached hydrogen (secondary N) is 1. The van der Waals surface area contributed by atoms with Gasteiger partial charge in [-0.2, -0.15) is 0 Å². The topological polar surface area (TPSA) is 118 Å². The largest absolute Gasteiger partial charge is 0.371 e. The molecule has 0 atom stereocenters. The van der Waals surface area contributed by atoms with Gasteiger partial charge in [0.15, 0.2) is 9.84 Å². The van der Waals surface area contributed by atoms with E-state index in [0.717, 1.165) is 16.5 Å². The summed E-state index contributed by atoms with van der Waals surface area (Å²) in [7, 11) is -3.45. The lowest BCUT2D eigenvalue weighted by molar-refractivity contribution is -0.396. The van der Waals surface area contributed by atoms with Crippen LogP contribution in [0.25, 0.3) is 0 Å². The van der Waals surface area contributed by atoms with Crippen molar-refractivity contribution in [3.05, 3.63) is 59.2 Å². The molecule has 0 spiro atoms. The molecular formula is C18H23N4O3S+. The number of rotatable bonds is 5. The molecule has 0 heterocycles. The summed E-state index contributed by atoms with van der Waals surface area (Å²) in [5.74, 6) is -0.782. The number of hydrogen-bond acceptors (Lipinski definition) is 4. The third-order valence-corrected chi connectivity index (χ3v) is 4.98. The first-order valence-electron chi connectivity index (χ1n) is 8.02. The van der Waals surface area contributed by atoms with Crippen molar-refractivity contribution in [2.24, 2.45) is 11.5 Å². The second-order valence-corrected chi connectivity index (χ2v) is 8.00. The number of anilines is 1. The third kappa shape index (κ3) is 4.40.